The van der Waals surface area contributed by atoms with Crippen LogP contribution in [0.1, 0.15) is 39.0 Å². The standard InChI is InChI=1S/C9H16F/c1-3-4-5-6-7-8-9(2)10/h1,3,9H,4-8H2,2H3. The minimum Gasteiger partial charge on any atom is -0.248 e. The summed E-state index contributed by atoms with van der Waals surface area (Å²) >= 11 is 0. The Morgan fingerprint density at radius 2 is 2.10 bits per heavy atom. The van der Waals surface area contributed by atoms with Gasteiger partial charge in [-0.3, -0.25) is 0 Å². The van der Waals surface area contributed by atoms with Crippen LogP contribution in [-0.4, -0.2) is 6.17 Å². The van der Waals surface area contributed by atoms with Gasteiger partial charge in [-0.1, -0.05) is 25.5 Å². The van der Waals surface area contributed by atoms with Crippen molar-refractivity contribution in [1.29, 1.82) is 0 Å². The molecule has 1 unspecified atom stereocenters. The van der Waals surface area contributed by atoms with E-state index in [2.05, 4.69) is 0 Å². The highest BCUT2D eigenvalue weighted by atomic mass is 19.1. The van der Waals surface area contributed by atoms with Crippen molar-refractivity contribution in [2.24, 2.45) is 0 Å². The molecule has 0 saturated heterocycles. The van der Waals surface area contributed by atoms with Crippen LogP contribution in [0, 0.1) is 6.58 Å². The highest BCUT2D eigenvalue weighted by Crippen LogP contribution is 2.07. The number of unbranched alkanes of at least 4 members (excludes halogenated alkanes) is 3. The highest BCUT2D eigenvalue weighted by molar-refractivity contribution is 4.61. The Bertz CT molecular complexity index is 76.8. The van der Waals surface area contributed by atoms with Crippen molar-refractivity contribution in [2.75, 3.05) is 0 Å². The average Bonchev–Trinajstić information content (AvgIpc) is 1.87. The Balaban J connectivity index is 2.83. The van der Waals surface area contributed by atoms with E-state index in [0.29, 0.717) is 6.42 Å². The first-order chi connectivity index (χ1) is 4.77. The summed E-state index contributed by atoms with van der Waals surface area (Å²) in [5.41, 5.74) is 0. The van der Waals surface area contributed by atoms with Gasteiger partial charge in [0.25, 0.3) is 0 Å². The van der Waals surface area contributed by atoms with Crippen molar-refractivity contribution in [3.8, 4) is 0 Å². The number of alkyl halides is 1. The van der Waals surface area contributed by atoms with Crippen LogP contribution in [0.2, 0.25) is 0 Å². The lowest BCUT2D eigenvalue weighted by atomic mass is 10.1. The molecule has 0 rings (SSSR count). The molecule has 10 heavy (non-hydrogen) atoms. The molecule has 1 radical (unpaired) electrons. The molecule has 0 saturated carbocycles. The van der Waals surface area contributed by atoms with Crippen LogP contribution in [0.5, 0.6) is 0 Å². The summed E-state index contributed by atoms with van der Waals surface area (Å²) in [4.78, 5) is 0. The fourth-order valence-corrected chi connectivity index (χ4v) is 0.865. The van der Waals surface area contributed by atoms with Crippen LogP contribution < -0.4 is 0 Å². The Morgan fingerprint density at radius 3 is 2.60 bits per heavy atom. The lowest BCUT2D eigenvalue weighted by Crippen LogP contribution is -1.90. The Morgan fingerprint density at radius 1 is 1.40 bits per heavy atom. The third-order valence-electron chi connectivity index (χ3n) is 1.47. The Hall–Kier alpha value is -0.330. The van der Waals surface area contributed by atoms with Gasteiger partial charge in [0.15, 0.2) is 0 Å². The lowest BCUT2D eigenvalue weighted by Gasteiger charge is -1.99. The van der Waals surface area contributed by atoms with Crippen molar-refractivity contribution >= 4 is 0 Å². The quantitative estimate of drug-likeness (QED) is 0.500. The Kier molecular flexibility index (Phi) is 6.56. The van der Waals surface area contributed by atoms with Gasteiger partial charge in [0.2, 0.25) is 0 Å². The van der Waals surface area contributed by atoms with Gasteiger partial charge in [0.05, 0.1) is 6.17 Å². The van der Waals surface area contributed by atoms with E-state index >= 15 is 0 Å². The van der Waals surface area contributed by atoms with Gasteiger partial charge < -0.3 is 0 Å². The van der Waals surface area contributed by atoms with Crippen LogP contribution in [0.4, 0.5) is 4.39 Å². The van der Waals surface area contributed by atoms with Gasteiger partial charge in [-0.2, -0.15) is 0 Å². The minimum absolute atomic E-state index is 0.637. The zero-order chi connectivity index (χ0) is 7.82. The van der Waals surface area contributed by atoms with E-state index in [1.54, 1.807) is 13.0 Å². The zero-order valence-corrected chi connectivity index (χ0v) is 6.65. The molecule has 0 bridgehead atoms. The minimum atomic E-state index is -0.637. The summed E-state index contributed by atoms with van der Waals surface area (Å²) in [6.07, 6.45) is 5.88. The van der Waals surface area contributed by atoms with Crippen LogP contribution in [0.3, 0.4) is 0 Å². The van der Waals surface area contributed by atoms with Gasteiger partial charge in [0.1, 0.15) is 0 Å². The van der Waals surface area contributed by atoms with E-state index in [-0.39, 0.29) is 0 Å². The summed E-state index contributed by atoms with van der Waals surface area (Å²) in [7, 11) is 0. The molecule has 1 heteroatoms. The zero-order valence-electron chi connectivity index (χ0n) is 6.65. The molecule has 0 aliphatic carbocycles. The van der Waals surface area contributed by atoms with Crippen LogP contribution in [0.25, 0.3) is 0 Å². The van der Waals surface area contributed by atoms with E-state index in [1.165, 1.54) is 0 Å². The number of hydrogen-bond donors (Lipinski definition) is 0. The number of allylic oxidation sites excluding steroid dienone is 1. The monoisotopic (exact) mass is 143 g/mol. The van der Waals surface area contributed by atoms with E-state index < -0.39 is 6.17 Å². The molecule has 0 N–H and O–H groups in total. The molecule has 0 heterocycles. The van der Waals surface area contributed by atoms with E-state index in [4.69, 9.17) is 6.58 Å². The first kappa shape index (κ1) is 9.67. The molecular weight excluding hydrogens is 127 g/mol. The smallest absolute Gasteiger partial charge is 0.0973 e. The molecule has 0 spiro atoms. The van der Waals surface area contributed by atoms with E-state index in [1.807, 2.05) is 0 Å². The van der Waals surface area contributed by atoms with Gasteiger partial charge in [0, 0.05) is 0 Å². The second-order valence-corrected chi connectivity index (χ2v) is 2.65. The molecule has 0 amide bonds. The van der Waals surface area contributed by atoms with Crippen molar-refractivity contribution in [3.63, 3.8) is 0 Å². The fraction of sp³-hybridized carbons (Fsp3) is 0.778. The summed E-state index contributed by atoms with van der Waals surface area (Å²) in [5, 5.41) is 0. The second kappa shape index (κ2) is 6.79. The molecule has 0 nitrogen and oxygen atoms in total. The normalized spacial score (nSPS) is 13.0. The average molecular weight is 143 g/mol. The first-order valence-corrected chi connectivity index (χ1v) is 3.95. The summed E-state index contributed by atoms with van der Waals surface area (Å²) in [6.45, 7) is 6.78. The lowest BCUT2D eigenvalue weighted by molar-refractivity contribution is 0.330. The van der Waals surface area contributed by atoms with Crippen LogP contribution in [-0.2, 0) is 0 Å². The number of hydrogen-bond acceptors (Lipinski definition) is 0. The topological polar surface area (TPSA) is 0 Å². The summed E-state index contributed by atoms with van der Waals surface area (Å²) in [6, 6.07) is 0. The predicted molar refractivity (Wildman–Crippen MR) is 42.5 cm³/mol. The van der Waals surface area contributed by atoms with E-state index in [0.717, 1.165) is 25.7 Å². The molecule has 0 fully saturated rings. The SMILES string of the molecule is [CH]=CCCCCCC(C)F. The molecule has 0 aromatic heterocycles. The number of halogens is 1. The molecule has 0 aromatic rings. The van der Waals surface area contributed by atoms with Crippen molar-refractivity contribution in [3.05, 3.63) is 12.7 Å². The maximum Gasteiger partial charge on any atom is 0.0973 e. The third-order valence-corrected chi connectivity index (χ3v) is 1.47. The van der Waals surface area contributed by atoms with Gasteiger partial charge in [-0.05, 0) is 26.2 Å². The van der Waals surface area contributed by atoms with Gasteiger partial charge in [-0.25, -0.2) is 4.39 Å². The van der Waals surface area contributed by atoms with Crippen molar-refractivity contribution in [1.82, 2.24) is 0 Å². The van der Waals surface area contributed by atoms with Crippen molar-refractivity contribution in [2.45, 2.75) is 45.2 Å². The van der Waals surface area contributed by atoms with Crippen LogP contribution in [0.15, 0.2) is 6.08 Å². The second-order valence-electron chi connectivity index (χ2n) is 2.65. The maximum absolute atomic E-state index is 12.2. The van der Waals surface area contributed by atoms with Gasteiger partial charge in [-0.15, -0.1) is 0 Å². The molecule has 59 valence electrons. The Labute approximate surface area is 63.1 Å². The van der Waals surface area contributed by atoms with Crippen LogP contribution >= 0.6 is 0 Å². The van der Waals surface area contributed by atoms with Crippen molar-refractivity contribution < 1.29 is 4.39 Å². The molecule has 1 atom stereocenters. The fourth-order valence-electron chi connectivity index (χ4n) is 0.865. The predicted octanol–water partition coefficient (Wildman–Crippen LogP) is 3.28. The number of rotatable bonds is 6. The largest absolute Gasteiger partial charge is 0.248 e. The highest BCUT2D eigenvalue weighted by Gasteiger charge is 1.95. The molecular formula is C9H16F. The molecule has 0 aromatic carbocycles. The molecule has 0 aliphatic rings. The first-order valence-electron chi connectivity index (χ1n) is 3.95. The molecule has 0 aliphatic heterocycles. The van der Waals surface area contributed by atoms with E-state index in [9.17, 15) is 4.39 Å². The summed E-state index contributed by atoms with van der Waals surface area (Å²) < 4.78 is 12.2. The third kappa shape index (κ3) is 7.67. The maximum atomic E-state index is 12.2. The summed E-state index contributed by atoms with van der Waals surface area (Å²) in [5.74, 6) is 0. The van der Waals surface area contributed by atoms with Gasteiger partial charge >= 0.3 is 0 Å².